The van der Waals surface area contributed by atoms with Crippen molar-refractivity contribution in [2.24, 2.45) is 10.7 Å². The maximum absolute atomic E-state index is 11.2. The normalized spacial score (nSPS) is 11.4. The molecule has 1 aromatic carbocycles. The van der Waals surface area contributed by atoms with Crippen LogP contribution in [0.3, 0.4) is 0 Å². The van der Waals surface area contributed by atoms with Crippen molar-refractivity contribution < 1.29 is 14.3 Å². The molecule has 0 aliphatic carbocycles. The molecule has 0 atom stereocenters. The van der Waals surface area contributed by atoms with Gasteiger partial charge in [-0.25, -0.2) is 0 Å². The van der Waals surface area contributed by atoms with E-state index in [-0.39, 0.29) is 12.1 Å². The minimum atomic E-state index is -0.204. The molecule has 0 radical (unpaired) electrons. The second-order valence-electron chi connectivity index (χ2n) is 4.99. The van der Waals surface area contributed by atoms with E-state index in [9.17, 15) is 4.79 Å². The van der Waals surface area contributed by atoms with E-state index in [0.29, 0.717) is 32.0 Å². The predicted molar refractivity (Wildman–Crippen MR) is 88.2 cm³/mol. The Labute approximate surface area is 131 Å². The van der Waals surface area contributed by atoms with Gasteiger partial charge in [0.25, 0.3) is 0 Å². The SMILES string of the molecule is CCOC(=O)CCCN=C(N)Nc1ccc(OC(C)C)cc1. The second-order valence-corrected chi connectivity index (χ2v) is 4.99. The summed E-state index contributed by atoms with van der Waals surface area (Å²) in [6.07, 6.45) is 1.11. The molecule has 3 N–H and O–H groups in total. The Morgan fingerprint density at radius 2 is 2.00 bits per heavy atom. The van der Waals surface area contributed by atoms with Crippen LogP contribution >= 0.6 is 0 Å². The fraction of sp³-hybridized carbons (Fsp3) is 0.500. The summed E-state index contributed by atoms with van der Waals surface area (Å²) in [5.74, 6) is 0.928. The third kappa shape index (κ3) is 7.52. The molecule has 1 aromatic rings. The van der Waals surface area contributed by atoms with Crippen LogP contribution in [0.4, 0.5) is 5.69 Å². The minimum absolute atomic E-state index is 0.143. The third-order valence-electron chi connectivity index (χ3n) is 2.62. The predicted octanol–water partition coefficient (Wildman–Crippen LogP) is 2.54. The van der Waals surface area contributed by atoms with Gasteiger partial charge in [0, 0.05) is 18.7 Å². The maximum atomic E-state index is 11.2. The van der Waals surface area contributed by atoms with Gasteiger partial charge < -0.3 is 20.5 Å². The summed E-state index contributed by atoms with van der Waals surface area (Å²) in [7, 11) is 0. The zero-order valence-corrected chi connectivity index (χ0v) is 13.5. The number of nitrogens with two attached hydrogens (primary N) is 1. The first-order valence-corrected chi connectivity index (χ1v) is 7.50. The molecule has 0 aliphatic heterocycles. The highest BCUT2D eigenvalue weighted by Gasteiger charge is 2.01. The van der Waals surface area contributed by atoms with Gasteiger partial charge in [0.2, 0.25) is 0 Å². The highest BCUT2D eigenvalue weighted by Crippen LogP contribution is 2.16. The van der Waals surface area contributed by atoms with Crippen LogP contribution in [-0.4, -0.2) is 31.2 Å². The molecule has 22 heavy (non-hydrogen) atoms. The largest absolute Gasteiger partial charge is 0.491 e. The van der Waals surface area contributed by atoms with E-state index in [1.54, 1.807) is 6.92 Å². The number of hydrogen-bond acceptors (Lipinski definition) is 4. The molecule has 0 fully saturated rings. The summed E-state index contributed by atoms with van der Waals surface area (Å²) >= 11 is 0. The molecular weight excluding hydrogens is 282 g/mol. The molecule has 6 heteroatoms. The molecule has 0 aliphatic rings. The number of carbonyl (C=O) groups is 1. The van der Waals surface area contributed by atoms with Crippen molar-refractivity contribution in [3.05, 3.63) is 24.3 Å². The molecule has 0 spiro atoms. The number of nitrogens with one attached hydrogen (secondary N) is 1. The zero-order valence-electron chi connectivity index (χ0n) is 13.5. The van der Waals surface area contributed by atoms with Crippen molar-refractivity contribution in [3.63, 3.8) is 0 Å². The Morgan fingerprint density at radius 3 is 2.59 bits per heavy atom. The lowest BCUT2D eigenvalue weighted by Gasteiger charge is -2.10. The summed E-state index contributed by atoms with van der Waals surface area (Å²) in [5.41, 5.74) is 6.63. The van der Waals surface area contributed by atoms with Gasteiger partial charge in [-0.05, 0) is 51.5 Å². The average Bonchev–Trinajstić information content (AvgIpc) is 2.45. The number of guanidine groups is 1. The fourth-order valence-corrected chi connectivity index (χ4v) is 1.73. The summed E-state index contributed by atoms with van der Waals surface area (Å²) in [4.78, 5) is 15.3. The van der Waals surface area contributed by atoms with Crippen LogP contribution < -0.4 is 15.8 Å². The Balaban J connectivity index is 2.35. The molecule has 0 bridgehead atoms. The van der Waals surface area contributed by atoms with E-state index < -0.39 is 0 Å². The highest BCUT2D eigenvalue weighted by atomic mass is 16.5. The van der Waals surface area contributed by atoms with E-state index in [1.165, 1.54) is 0 Å². The van der Waals surface area contributed by atoms with Gasteiger partial charge >= 0.3 is 5.97 Å². The number of aliphatic imine (C=N–C) groups is 1. The molecule has 0 aromatic heterocycles. The molecule has 0 amide bonds. The van der Waals surface area contributed by atoms with Gasteiger partial charge in [-0.15, -0.1) is 0 Å². The van der Waals surface area contributed by atoms with Crippen LogP contribution in [0.5, 0.6) is 5.75 Å². The van der Waals surface area contributed by atoms with Crippen molar-refractivity contribution >= 4 is 17.6 Å². The second kappa shape index (κ2) is 9.65. The van der Waals surface area contributed by atoms with E-state index >= 15 is 0 Å². The minimum Gasteiger partial charge on any atom is -0.491 e. The third-order valence-corrected chi connectivity index (χ3v) is 2.62. The van der Waals surface area contributed by atoms with Crippen molar-refractivity contribution in [2.75, 3.05) is 18.5 Å². The molecule has 0 saturated carbocycles. The van der Waals surface area contributed by atoms with Crippen molar-refractivity contribution in [1.82, 2.24) is 0 Å². The summed E-state index contributed by atoms with van der Waals surface area (Å²) < 4.78 is 10.4. The Morgan fingerprint density at radius 1 is 1.32 bits per heavy atom. The topological polar surface area (TPSA) is 85.9 Å². The number of hydrogen-bond donors (Lipinski definition) is 2. The van der Waals surface area contributed by atoms with Crippen LogP contribution in [0.25, 0.3) is 0 Å². The zero-order chi connectivity index (χ0) is 16.4. The highest BCUT2D eigenvalue weighted by molar-refractivity contribution is 5.92. The van der Waals surface area contributed by atoms with Gasteiger partial charge in [0.05, 0.1) is 12.7 Å². The lowest BCUT2D eigenvalue weighted by molar-refractivity contribution is -0.143. The van der Waals surface area contributed by atoms with Crippen LogP contribution in [0.15, 0.2) is 29.3 Å². The molecule has 1 rings (SSSR count). The number of anilines is 1. The lowest BCUT2D eigenvalue weighted by Crippen LogP contribution is -2.23. The first-order chi connectivity index (χ1) is 10.5. The van der Waals surface area contributed by atoms with E-state index in [4.69, 9.17) is 15.2 Å². The fourth-order valence-electron chi connectivity index (χ4n) is 1.73. The van der Waals surface area contributed by atoms with E-state index in [0.717, 1.165) is 11.4 Å². The number of esters is 1. The van der Waals surface area contributed by atoms with Crippen molar-refractivity contribution in [1.29, 1.82) is 0 Å². The van der Waals surface area contributed by atoms with Crippen LogP contribution in [-0.2, 0) is 9.53 Å². The number of rotatable bonds is 8. The number of benzene rings is 1. The van der Waals surface area contributed by atoms with Crippen molar-refractivity contribution in [2.45, 2.75) is 39.7 Å². The maximum Gasteiger partial charge on any atom is 0.305 e. The quantitative estimate of drug-likeness (QED) is 0.333. The Bertz CT molecular complexity index is 484. The van der Waals surface area contributed by atoms with Crippen LogP contribution in [0.2, 0.25) is 0 Å². The van der Waals surface area contributed by atoms with Crippen LogP contribution in [0.1, 0.15) is 33.6 Å². The average molecular weight is 307 g/mol. The van der Waals surface area contributed by atoms with E-state index in [2.05, 4.69) is 10.3 Å². The van der Waals surface area contributed by atoms with Crippen molar-refractivity contribution in [3.8, 4) is 5.75 Å². The first kappa shape index (κ1) is 17.8. The monoisotopic (exact) mass is 307 g/mol. The molecular formula is C16H25N3O3. The van der Waals surface area contributed by atoms with E-state index in [1.807, 2.05) is 38.1 Å². The summed E-state index contributed by atoms with van der Waals surface area (Å²) in [6, 6.07) is 7.49. The van der Waals surface area contributed by atoms with Gasteiger partial charge in [0.1, 0.15) is 5.75 Å². The van der Waals surface area contributed by atoms with Gasteiger partial charge in [-0.2, -0.15) is 0 Å². The smallest absolute Gasteiger partial charge is 0.305 e. The molecule has 0 saturated heterocycles. The standard InChI is InChI=1S/C16H25N3O3/c1-4-21-15(20)6-5-11-18-16(17)19-13-7-9-14(10-8-13)22-12(2)3/h7-10,12H,4-6,11H2,1-3H3,(H3,17,18,19). The first-order valence-electron chi connectivity index (χ1n) is 7.50. The van der Waals surface area contributed by atoms with Gasteiger partial charge in [-0.1, -0.05) is 0 Å². The molecule has 0 unspecified atom stereocenters. The molecule has 6 nitrogen and oxygen atoms in total. The summed E-state index contributed by atoms with van der Waals surface area (Å²) in [6.45, 7) is 6.63. The molecule has 0 heterocycles. The van der Waals surface area contributed by atoms with Gasteiger partial charge in [0.15, 0.2) is 5.96 Å². The lowest BCUT2D eigenvalue weighted by atomic mass is 10.3. The molecule has 122 valence electrons. The number of nitrogens with zero attached hydrogens (tertiary/aromatic N) is 1. The van der Waals surface area contributed by atoms with Crippen LogP contribution in [0, 0.1) is 0 Å². The van der Waals surface area contributed by atoms with Gasteiger partial charge in [-0.3, -0.25) is 9.79 Å². The Kier molecular flexibility index (Phi) is 7.81. The summed E-state index contributed by atoms with van der Waals surface area (Å²) in [5, 5.41) is 2.99. The Hall–Kier alpha value is -2.24. The number of carbonyl (C=O) groups excluding carboxylic acids is 1. The number of ether oxygens (including phenoxy) is 2.